The molecule has 35 heavy (non-hydrogen) atoms. The van der Waals surface area contributed by atoms with Crippen molar-refractivity contribution in [1.82, 2.24) is 15.3 Å². The van der Waals surface area contributed by atoms with Gasteiger partial charge in [0.15, 0.2) is 0 Å². The summed E-state index contributed by atoms with van der Waals surface area (Å²) >= 11 is -2.49. The average molecular weight is 592 g/mol. The van der Waals surface area contributed by atoms with E-state index in [1.165, 1.54) is 42.5 Å². The van der Waals surface area contributed by atoms with Gasteiger partial charge >= 0.3 is 205 Å². The number of nitrogens with one attached hydrogen (secondary N) is 1. The van der Waals surface area contributed by atoms with Gasteiger partial charge in [-0.25, -0.2) is 0 Å². The summed E-state index contributed by atoms with van der Waals surface area (Å²) in [5.74, 6) is -0.687. The van der Waals surface area contributed by atoms with E-state index in [0.717, 1.165) is 30.7 Å². The van der Waals surface area contributed by atoms with E-state index in [9.17, 15) is 14.4 Å². The predicted octanol–water partition coefficient (Wildman–Crippen LogP) is 7.03. The number of allylic oxidation sites excluding steroid dienone is 1. The zero-order chi connectivity index (χ0) is 26.6. The molecule has 4 amide bonds. The molecule has 0 aromatic heterocycles. The van der Waals surface area contributed by atoms with Gasteiger partial charge in [-0.2, -0.15) is 0 Å². The molecule has 0 aliphatic heterocycles. The first-order valence-electron chi connectivity index (χ1n) is 13.0. The molecule has 0 fully saturated rings. The SMILES string of the molecule is CCCCCCCC(CC(C)=C(C)C)NC(=O)N(C(=O)c1ccccc1)N(C)C(=O)[CH2][Sn]([CH3])([CH3])[CH3]. The zero-order valence-electron chi connectivity index (χ0n) is 23.2. The van der Waals surface area contributed by atoms with E-state index >= 15 is 0 Å². The molecule has 0 bridgehead atoms. The Morgan fingerprint density at radius 1 is 0.943 bits per heavy atom. The summed E-state index contributed by atoms with van der Waals surface area (Å²) < 4.78 is 0.425. The molecule has 196 valence electrons. The van der Waals surface area contributed by atoms with Gasteiger partial charge in [-0.1, -0.05) is 13.3 Å². The van der Waals surface area contributed by atoms with Crippen molar-refractivity contribution in [2.24, 2.45) is 0 Å². The molecule has 0 saturated carbocycles. The normalized spacial score (nSPS) is 12.0. The molecule has 1 rings (SSSR count). The Kier molecular flexibility index (Phi) is 13.7. The number of hydrazine groups is 1. The van der Waals surface area contributed by atoms with Crippen LogP contribution in [0, 0.1) is 0 Å². The number of nitrogens with zero attached hydrogens (tertiary/aromatic N) is 2. The second-order valence-electron chi connectivity index (χ2n) is 11.0. The van der Waals surface area contributed by atoms with Crippen molar-refractivity contribution in [3.05, 3.63) is 47.0 Å². The van der Waals surface area contributed by atoms with Crippen LogP contribution in [0.4, 0.5) is 4.79 Å². The fourth-order valence-electron chi connectivity index (χ4n) is 3.78. The van der Waals surface area contributed by atoms with Gasteiger partial charge in [-0.3, -0.25) is 0 Å². The van der Waals surface area contributed by atoms with Gasteiger partial charge in [0, 0.05) is 0 Å². The number of benzene rings is 1. The first-order chi connectivity index (χ1) is 16.4. The predicted molar refractivity (Wildman–Crippen MR) is 148 cm³/mol. The van der Waals surface area contributed by atoms with Gasteiger partial charge in [0.05, 0.1) is 0 Å². The van der Waals surface area contributed by atoms with E-state index in [1.54, 1.807) is 24.3 Å². The Morgan fingerprint density at radius 3 is 2.09 bits per heavy atom. The van der Waals surface area contributed by atoms with E-state index in [-0.39, 0.29) is 11.9 Å². The van der Waals surface area contributed by atoms with Crippen LogP contribution < -0.4 is 5.32 Å². The monoisotopic (exact) mass is 593 g/mol. The number of unbranched alkanes of at least 4 members (excludes halogenated alkanes) is 4. The van der Waals surface area contributed by atoms with Crippen LogP contribution in [0.3, 0.4) is 0 Å². The molecule has 1 aromatic carbocycles. The molecule has 0 saturated heterocycles. The van der Waals surface area contributed by atoms with Crippen LogP contribution in [0.5, 0.6) is 0 Å². The van der Waals surface area contributed by atoms with Crippen molar-refractivity contribution >= 4 is 36.2 Å². The number of rotatable bonds is 12. The second kappa shape index (κ2) is 15.3. The van der Waals surface area contributed by atoms with Crippen LogP contribution in [0.1, 0.15) is 83.0 Å². The molecule has 0 radical (unpaired) electrons. The van der Waals surface area contributed by atoms with Crippen LogP contribution in [-0.4, -0.2) is 59.3 Å². The number of amides is 4. The molecule has 1 unspecified atom stereocenters. The fourth-order valence-corrected chi connectivity index (χ4v) is 7.02. The van der Waals surface area contributed by atoms with E-state index in [1.807, 2.05) is 6.07 Å². The summed E-state index contributed by atoms with van der Waals surface area (Å²) in [5.41, 5.74) is 2.84. The van der Waals surface area contributed by atoms with Gasteiger partial charge in [-0.05, 0) is 0 Å². The minimum absolute atomic E-state index is 0.101. The number of carbonyl (C=O) groups is 3. The first-order valence-corrected chi connectivity index (χ1v) is 23.5. The minimum atomic E-state index is -2.49. The number of hydrogen-bond donors (Lipinski definition) is 1. The van der Waals surface area contributed by atoms with Gasteiger partial charge in [-0.15, -0.1) is 0 Å². The van der Waals surface area contributed by atoms with E-state index in [4.69, 9.17) is 0 Å². The maximum atomic E-state index is 13.6. The molecule has 6 nitrogen and oxygen atoms in total. The van der Waals surface area contributed by atoms with Gasteiger partial charge in [0.2, 0.25) is 0 Å². The summed E-state index contributed by atoms with van der Waals surface area (Å²) in [5, 5.41) is 5.32. The van der Waals surface area contributed by atoms with Gasteiger partial charge in [0.25, 0.3) is 0 Å². The quantitative estimate of drug-likeness (QED) is 0.123. The summed E-state index contributed by atoms with van der Waals surface area (Å²) in [6.45, 7) is 8.43. The van der Waals surface area contributed by atoms with Gasteiger partial charge in [0.1, 0.15) is 0 Å². The van der Waals surface area contributed by atoms with Crippen molar-refractivity contribution in [3.63, 3.8) is 0 Å². The molecular weight excluding hydrogens is 545 g/mol. The fraction of sp³-hybridized carbons (Fsp3) is 0.607. The van der Waals surface area contributed by atoms with Crippen molar-refractivity contribution in [2.75, 3.05) is 7.05 Å². The zero-order valence-corrected chi connectivity index (χ0v) is 26.1. The Labute approximate surface area is 217 Å². The summed E-state index contributed by atoms with van der Waals surface area (Å²) in [6.07, 6.45) is 7.29. The third kappa shape index (κ3) is 11.6. The molecule has 1 N–H and O–H groups in total. The van der Waals surface area contributed by atoms with Crippen LogP contribution in [0.2, 0.25) is 19.3 Å². The van der Waals surface area contributed by atoms with E-state index in [0.29, 0.717) is 10.0 Å². The van der Waals surface area contributed by atoms with E-state index < -0.39 is 30.3 Å². The van der Waals surface area contributed by atoms with Crippen molar-refractivity contribution in [2.45, 2.75) is 97.9 Å². The topological polar surface area (TPSA) is 69.7 Å². The molecule has 1 atom stereocenters. The van der Waals surface area contributed by atoms with Crippen molar-refractivity contribution in [3.8, 4) is 0 Å². The molecular formula is C28H47N3O3Sn. The Balaban J connectivity index is 3.17. The molecule has 1 aromatic rings. The van der Waals surface area contributed by atoms with E-state index in [2.05, 4.69) is 47.8 Å². The summed E-state index contributed by atoms with van der Waals surface area (Å²) in [6, 6.07) is 8.03. The molecule has 0 spiro atoms. The number of urea groups is 1. The van der Waals surface area contributed by atoms with Crippen LogP contribution in [0.15, 0.2) is 41.5 Å². The van der Waals surface area contributed by atoms with Crippen LogP contribution >= 0.6 is 0 Å². The number of imide groups is 1. The van der Waals surface area contributed by atoms with Crippen molar-refractivity contribution in [1.29, 1.82) is 0 Å². The van der Waals surface area contributed by atoms with Crippen LogP contribution in [0.25, 0.3) is 0 Å². The summed E-state index contributed by atoms with van der Waals surface area (Å²) in [7, 11) is 1.53. The van der Waals surface area contributed by atoms with Gasteiger partial charge < -0.3 is 0 Å². The second-order valence-corrected chi connectivity index (χ2v) is 26.6. The third-order valence-corrected chi connectivity index (χ3v) is 10.0. The molecule has 0 aliphatic carbocycles. The number of carbonyl (C=O) groups excluding carboxylic acids is 3. The number of hydrogen-bond acceptors (Lipinski definition) is 3. The Morgan fingerprint density at radius 2 is 1.54 bits per heavy atom. The Bertz CT molecular complexity index is 858. The van der Waals surface area contributed by atoms with Crippen molar-refractivity contribution < 1.29 is 14.4 Å². The molecule has 0 aliphatic rings. The summed E-state index contributed by atoms with van der Waals surface area (Å²) in [4.78, 5) is 46.6. The standard InChI is InChI=1S/C25H38N3O3.3CH3.Sn/c1-7-8-9-10-14-17-23(18-20(4)19(2)3)26-25(31)28(27(6)21(5)29)24(30)22-15-12-11-13-16-22;;;;/h11-13,15-16,23H,5,7-10,14,17-18H2,1-4,6H3,(H,26,31);3*1H3;. The molecule has 7 heteroatoms. The Hall–Kier alpha value is -1.83. The third-order valence-electron chi connectivity index (χ3n) is 6.14. The average Bonchev–Trinajstić information content (AvgIpc) is 2.78. The maximum absolute atomic E-state index is 13.6. The molecule has 0 heterocycles. The van der Waals surface area contributed by atoms with Crippen LogP contribution in [-0.2, 0) is 4.79 Å². The first kappa shape index (κ1) is 31.2.